The second kappa shape index (κ2) is 4.93. The van der Waals surface area contributed by atoms with Crippen LogP contribution in [-0.2, 0) is 6.54 Å². The molecule has 86 valence electrons. The SMILES string of the molecule is COc1nc(SC)nc2c1ccn2CCCl. The molecule has 0 fully saturated rings. The summed E-state index contributed by atoms with van der Waals surface area (Å²) in [5.74, 6) is 1.17. The summed E-state index contributed by atoms with van der Waals surface area (Å²) in [6.07, 6.45) is 3.89. The second-order valence-electron chi connectivity index (χ2n) is 3.15. The molecule has 2 heterocycles. The van der Waals surface area contributed by atoms with Gasteiger partial charge in [-0.25, -0.2) is 4.98 Å². The first kappa shape index (κ1) is 11.5. The van der Waals surface area contributed by atoms with Crippen LogP contribution in [0.2, 0.25) is 0 Å². The van der Waals surface area contributed by atoms with Crippen LogP contribution in [0.15, 0.2) is 17.4 Å². The minimum atomic E-state index is 0.560. The largest absolute Gasteiger partial charge is 0.480 e. The van der Waals surface area contributed by atoms with Gasteiger partial charge in [-0.15, -0.1) is 11.6 Å². The van der Waals surface area contributed by atoms with Crippen molar-refractivity contribution in [3.63, 3.8) is 0 Å². The van der Waals surface area contributed by atoms with Gasteiger partial charge in [0.05, 0.1) is 12.5 Å². The highest BCUT2D eigenvalue weighted by Crippen LogP contribution is 2.25. The van der Waals surface area contributed by atoms with Crippen LogP contribution in [-0.4, -0.2) is 33.8 Å². The molecule has 0 aliphatic carbocycles. The Morgan fingerprint density at radius 2 is 2.31 bits per heavy atom. The Hall–Kier alpha value is -0.940. The minimum Gasteiger partial charge on any atom is -0.480 e. The molecule has 0 aliphatic rings. The fourth-order valence-electron chi connectivity index (χ4n) is 1.54. The zero-order chi connectivity index (χ0) is 11.5. The zero-order valence-corrected chi connectivity index (χ0v) is 10.7. The lowest BCUT2D eigenvalue weighted by Gasteiger charge is -2.05. The number of rotatable bonds is 4. The van der Waals surface area contributed by atoms with E-state index in [-0.39, 0.29) is 0 Å². The summed E-state index contributed by atoms with van der Waals surface area (Å²) in [5, 5.41) is 1.63. The molecule has 0 saturated carbocycles. The maximum atomic E-state index is 5.74. The monoisotopic (exact) mass is 257 g/mol. The summed E-state index contributed by atoms with van der Waals surface area (Å²) in [4.78, 5) is 8.75. The quantitative estimate of drug-likeness (QED) is 0.479. The molecule has 0 bridgehead atoms. The third-order valence-corrected chi connectivity index (χ3v) is 2.98. The van der Waals surface area contributed by atoms with Gasteiger partial charge in [-0.2, -0.15) is 4.98 Å². The average molecular weight is 258 g/mol. The number of aryl methyl sites for hydroxylation is 1. The van der Waals surface area contributed by atoms with E-state index in [1.165, 1.54) is 11.8 Å². The van der Waals surface area contributed by atoms with Crippen LogP contribution in [0, 0.1) is 0 Å². The molecule has 0 aliphatic heterocycles. The van der Waals surface area contributed by atoms with Crippen LogP contribution < -0.4 is 4.74 Å². The Morgan fingerprint density at radius 1 is 1.50 bits per heavy atom. The number of fused-ring (bicyclic) bond motifs is 1. The third-order valence-electron chi connectivity index (χ3n) is 2.26. The fourth-order valence-corrected chi connectivity index (χ4v) is 2.07. The van der Waals surface area contributed by atoms with Gasteiger partial charge < -0.3 is 9.30 Å². The van der Waals surface area contributed by atoms with Gasteiger partial charge in [-0.1, -0.05) is 11.8 Å². The second-order valence-corrected chi connectivity index (χ2v) is 4.31. The van der Waals surface area contributed by atoms with E-state index in [4.69, 9.17) is 16.3 Å². The summed E-state index contributed by atoms with van der Waals surface area (Å²) in [7, 11) is 1.62. The molecule has 0 aromatic carbocycles. The lowest BCUT2D eigenvalue weighted by Crippen LogP contribution is -2.00. The topological polar surface area (TPSA) is 39.9 Å². The van der Waals surface area contributed by atoms with E-state index < -0.39 is 0 Å². The summed E-state index contributed by atoms with van der Waals surface area (Å²) in [6, 6.07) is 1.95. The number of alkyl halides is 1. The highest BCUT2D eigenvalue weighted by molar-refractivity contribution is 7.98. The Kier molecular flexibility index (Phi) is 3.56. The predicted molar refractivity (Wildman–Crippen MR) is 66.6 cm³/mol. The van der Waals surface area contributed by atoms with Gasteiger partial charge in [0.25, 0.3) is 0 Å². The van der Waals surface area contributed by atoms with Crippen molar-refractivity contribution in [2.75, 3.05) is 19.2 Å². The third kappa shape index (κ3) is 1.97. The molecule has 6 heteroatoms. The number of ether oxygens (including phenoxy) is 1. The zero-order valence-electron chi connectivity index (χ0n) is 9.11. The van der Waals surface area contributed by atoms with Crippen LogP contribution in [0.25, 0.3) is 11.0 Å². The Balaban J connectivity index is 2.62. The van der Waals surface area contributed by atoms with Crippen molar-refractivity contribution in [1.29, 1.82) is 0 Å². The van der Waals surface area contributed by atoms with E-state index in [1.807, 2.05) is 23.1 Å². The van der Waals surface area contributed by atoms with E-state index in [1.54, 1.807) is 7.11 Å². The molecule has 0 unspecified atom stereocenters. The van der Waals surface area contributed by atoms with Gasteiger partial charge in [0.1, 0.15) is 5.65 Å². The lowest BCUT2D eigenvalue weighted by atomic mass is 10.4. The van der Waals surface area contributed by atoms with Crippen LogP contribution in [0.3, 0.4) is 0 Å². The Morgan fingerprint density at radius 3 is 2.94 bits per heavy atom. The van der Waals surface area contributed by atoms with Crippen LogP contribution >= 0.6 is 23.4 Å². The Labute approximate surface area is 103 Å². The van der Waals surface area contributed by atoms with Gasteiger partial charge in [0.15, 0.2) is 5.16 Å². The van der Waals surface area contributed by atoms with Crippen molar-refractivity contribution in [1.82, 2.24) is 14.5 Å². The molecule has 16 heavy (non-hydrogen) atoms. The molecular formula is C10H12ClN3OS. The van der Waals surface area contributed by atoms with Gasteiger partial charge in [0, 0.05) is 18.6 Å². The van der Waals surface area contributed by atoms with Crippen molar-refractivity contribution in [2.45, 2.75) is 11.7 Å². The molecule has 0 radical (unpaired) electrons. The van der Waals surface area contributed by atoms with Gasteiger partial charge >= 0.3 is 0 Å². The first-order valence-corrected chi connectivity index (χ1v) is 6.57. The first-order valence-electron chi connectivity index (χ1n) is 4.81. The molecule has 2 rings (SSSR count). The molecule has 2 aromatic rings. The molecule has 2 aromatic heterocycles. The van der Waals surface area contributed by atoms with Crippen LogP contribution in [0.4, 0.5) is 0 Å². The Bertz CT molecular complexity index is 500. The number of hydrogen-bond donors (Lipinski definition) is 0. The number of halogens is 1. The van der Waals surface area contributed by atoms with Crippen molar-refractivity contribution in [3.05, 3.63) is 12.3 Å². The van der Waals surface area contributed by atoms with Crippen molar-refractivity contribution < 1.29 is 4.74 Å². The maximum absolute atomic E-state index is 5.74. The van der Waals surface area contributed by atoms with E-state index in [9.17, 15) is 0 Å². The van der Waals surface area contributed by atoms with Crippen LogP contribution in [0.5, 0.6) is 5.88 Å². The van der Waals surface area contributed by atoms with E-state index in [2.05, 4.69) is 9.97 Å². The standard InChI is InChI=1S/C10H12ClN3OS/c1-15-9-7-3-5-14(6-4-11)8(7)12-10(13-9)16-2/h3,5H,4,6H2,1-2H3. The predicted octanol–water partition coefficient (Wildman–Crippen LogP) is 2.40. The molecular weight excluding hydrogens is 246 g/mol. The van der Waals surface area contributed by atoms with Crippen LogP contribution in [0.1, 0.15) is 0 Å². The highest BCUT2D eigenvalue weighted by Gasteiger charge is 2.11. The maximum Gasteiger partial charge on any atom is 0.226 e. The highest BCUT2D eigenvalue weighted by atomic mass is 35.5. The molecule has 0 spiro atoms. The van der Waals surface area contributed by atoms with E-state index >= 15 is 0 Å². The number of hydrogen-bond acceptors (Lipinski definition) is 4. The fraction of sp³-hybridized carbons (Fsp3) is 0.400. The van der Waals surface area contributed by atoms with Crippen molar-refractivity contribution >= 4 is 34.4 Å². The molecule has 0 N–H and O–H groups in total. The molecule has 4 nitrogen and oxygen atoms in total. The minimum absolute atomic E-state index is 0.560. The number of thioether (sulfide) groups is 1. The van der Waals surface area contributed by atoms with Crippen molar-refractivity contribution in [2.24, 2.45) is 0 Å². The smallest absolute Gasteiger partial charge is 0.226 e. The number of methoxy groups -OCH3 is 1. The summed E-state index contributed by atoms with van der Waals surface area (Å²) in [6.45, 7) is 0.735. The number of nitrogens with zero attached hydrogens (tertiary/aromatic N) is 3. The molecule has 0 saturated heterocycles. The van der Waals surface area contributed by atoms with Crippen molar-refractivity contribution in [3.8, 4) is 5.88 Å². The van der Waals surface area contributed by atoms with Gasteiger partial charge in [-0.05, 0) is 12.3 Å². The van der Waals surface area contributed by atoms with E-state index in [0.29, 0.717) is 16.9 Å². The number of aromatic nitrogens is 3. The average Bonchev–Trinajstić information content (AvgIpc) is 2.72. The summed E-state index contributed by atoms with van der Waals surface area (Å²) < 4.78 is 7.26. The van der Waals surface area contributed by atoms with Gasteiger partial charge in [0.2, 0.25) is 5.88 Å². The lowest BCUT2D eigenvalue weighted by molar-refractivity contribution is 0.398. The first-order chi connectivity index (χ1) is 7.80. The van der Waals surface area contributed by atoms with E-state index in [0.717, 1.165) is 17.6 Å². The normalized spacial score (nSPS) is 10.9. The van der Waals surface area contributed by atoms with Gasteiger partial charge in [-0.3, -0.25) is 0 Å². The molecule has 0 amide bonds. The summed E-state index contributed by atoms with van der Waals surface area (Å²) in [5.41, 5.74) is 0.872. The summed E-state index contributed by atoms with van der Waals surface area (Å²) >= 11 is 7.23. The molecule has 0 atom stereocenters.